The number of aromatic nitrogens is 1. The van der Waals surface area contributed by atoms with Gasteiger partial charge in [-0.2, -0.15) is 13.2 Å². The lowest BCUT2D eigenvalue weighted by Gasteiger charge is -2.38. The molecule has 0 spiro atoms. The van der Waals surface area contributed by atoms with Crippen LogP contribution in [0.15, 0.2) is 36.5 Å². The van der Waals surface area contributed by atoms with Gasteiger partial charge in [0.2, 0.25) is 5.88 Å². The van der Waals surface area contributed by atoms with E-state index < -0.39 is 11.7 Å². The summed E-state index contributed by atoms with van der Waals surface area (Å²) >= 11 is 0. The Bertz CT molecular complexity index is 837. The van der Waals surface area contributed by atoms with Gasteiger partial charge in [-0.15, -0.1) is 0 Å². The van der Waals surface area contributed by atoms with E-state index in [0.29, 0.717) is 30.3 Å². The van der Waals surface area contributed by atoms with Gasteiger partial charge in [-0.3, -0.25) is 0 Å². The molecule has 0 bridgehead atoms. The van der Waals surface area contributed by atoms with Crippen LogP contribution in [0.2, 0.25) is 0 Å². The van der Waals surface area contributed by atoms with Crippen LogP contribution in [0, 0.1) is 0 Å². The molecule has 150 valence electrons. The Kier molecular flexibility index (Phi) is 5.48. The van der Waals surface area contributed by atoms with Gasteiger partial charge in [0.25, 0.3) is 0 Å². The summed E-state index contributed by atoms with van der Waals surface area (Å²) in [7, 11) is 3.01. The summed E-state index contributed by atoms with van der Waals surface area (Å²) in [5.41, 5.74) is -0.305. The van der Waals surface area contributed by atoms with Crippen LogP contribution in [0.4, 0.5) is 23.7 Å². The maximum atomic E-state index is 12.5. The summed E-state index contributed by atoms with van der Waals surface area (Å²) in [5.74, 6) is 1.11. The minimum atomic E-state index is -4.44. The van der Waals surface area contributed by atoms with Crippen molar-refractivity contribution >= 4 is 11.7 Å². The number of rotatable bonds is 5. The van der Waals surface area contributed by atoms with Crippen molar-refractivity contribution < 1.29 is 32.2 Å². The number of carbonyl (C=O) groups is 1. The molecule has 10 heteroatoms. The molecule has 1 aromatic carbocycles. The van der Waals surface area contributed by atoms with Gasteiger partial charge in [-0.05, 0) is 18.2 Å². The van der Waals surface area contributed by atoms with Crippen LogP contribution in [0.5, 0.6) is 17.4 Å². The standard InChI is InChI=1S/C18H18F3N3O4/c1-26-14-5-4-12(7-15(14)27-2)23-17(25)24-9-13(10-24)28-16-6-3-11(8-22-16)18(19,20)21/h3-8,13H,9-10H2,1-2H3,(H,23,25). The van der Waals surface area contributed by atoms with E-state index in [-0.39, 0.29) is 18.0 Å². The van der Waals surface area contributed by atoms with Crippen molar-refractivity contribution in [1.29, 1.82) is 0 Å². The summed E-state index contributed by atoms with van der Waals surface area (Å²) in [6, 6.07) is 6.73. The zero-order valence-corrected chi connectivity index (χ0v) is 15.1. The minimum absolute atomic E-state index is 0.0814. The van der Waals surface area contributed by atoms with Crippen molar-refractivity contribution in [2.75, 3.05) is 32.6 Å². The van der Waals surface area contributed by atoms with Crippen LogP contribution in [0.1, 0.15) is 5.56 Å². The van der Waals surface area contributed by atoms with Crippen molar-refractivity contribution in [2.24, 2.45) is 0 Å². The number of pyridine rings is 1. The van der Waals surface area contributed by atoms with Gasteiger partial charge in [0.1, 0.15) is 6.10 Å². The van der Waals surface area contributed by atoms with Crippen LogP contribution in [0.25, 0.3) is 0 Å². The van der Waals surface area contributed by atoms with Crippen molar-refractivity contribution in [3.63, 3.8) is 0 Å². The van der Waals surface area contributed by atoms with Crippen LogP contribution in [-0.4, -0.2) is 49.3 Å². The molecule has 3 rings (SSSR count). The molecule has 0 unspecified atom stereocenters. The van der Waals surface area contributed by atoms with E-state index in [2.05, 4.69) is 10.3 Å². The van der Waals surface area contributed by atoms with Gasteiger partial charge >= 0.3 is 12.2 Å². The largest absolute Gasteiger partial charge is 0.493 e. The molecule has 2 aromatic rings. The third-order valence-electron chi connectivity index (χ3n) is 4.12. The number of anilines is 1. The molecule has 7 nitrogen and oxygen atoms in total. The molecular weight excluding hydrogens is 379 g/mol. The normalized spacial score (nSPS) is 14.2. The van der Waals surface area contributed by atoms with Gasteiger partial charge in [0, 0.05) is 24.0 Å². The highest BCUT2D eigenvalue weighted by molar-refractivity contribution is 5.90. The highest BCUT2D eigenvalue weighted by Gasteiger charge is 2.34. The molecule has 1 saturated heterocycles. The van der Waals surface area contributed by atoms with Gasteiger partial charge in [0.15, 0.2) is 11.5 Å². The summed E-state index contributed by atoms with van der Waals surface area (Å²) in [4.78, 5) is 17.4. The molecule has 1 aromatic heterocycles. The van der Waals surface area contributed by atoms with Crippen molar-refractivity contribution in [2.45, 2.75) is 12.3 Å². The lowest BCUT2D eigenvalue weighted by Crippen LogP contribution is -2.57. The number of nitrogens with one attached hydrogen (secondary N) is 1. The number of benzene rings is 1. The first-order valence-electron chi connectivity index (χ1n) is 8.28. The van der Waals surface area contributed by atoms with E-state index in [1.807, 2.05) is 0 Å². The molecule has 2 heterocycles. The second kappa shape index (κ2) is 7.83. The summed E-state index contributed by atoms with van der Waals surface area (Å²) < 4.78 is 53.4. The molecule has 1 aliphatic heterocycles. The Labute approximate surface area is 159 Å². The van der Waals surface area contributed by atoms with Crippen LogP contribution < -0.4 is 19.5 Å². The quantitative estimate of drug-likeness (QED) is 0.837. The Hall–Kier alpha value is -3.17. The smallest absolute Gasteiger partial charge is 0.417 e. The number of hydrogen-bond acceptors (Lipinski definition) is 5. The summed E-state index contributed by atoms with van der Waals surface area (Å²) in [6.07, 6.45) is -4.06. The zero-order valence-electron chi connectivity index (χ0n) is 15.1. The number of likely N-dealkylation sites (tertiary alicyclic amines) is 1. The average molecular weight is 397 g/mol. The predicted octanol–water partition coefficient (Wildman–Crippen LogP) is 3.41. The highest BCUT2D eigenvalue weighted by atomic mass is 19.4. The molecule has 0 atom stereocenters. The maximum Gasteiger partial charge on any atom is 0.417 e. The van der Waals surface area contributed by atoms with Crippen LogP contribution >= 0.6 is 0 Å². The molecule has 0 aliphatic carbocycles. The van der Waals surface area contributed by atoms with Gasteiger partial charge in [0.05, 0.1) is 32.9 Å². The second-order valence-corrected chi connectivity index (χ2v) is 6.03. The first kappa shape index (κ1) is 19.6. The molecule has 1 aliphatic rings. The monoisotopic (exact) mass is 397 g/mol. The summed E-state index contributed by atoms with van der Waals surface area (Å²) in [6.45, 7) is 0.587. The number of methoxy groups -OCH3 is 2. The van der Waals surface area contributed by atoms with Crippen molar-refractivity contribution in [3.8, 4) is 17.4 Å². The second-order valence-electron chi connectivity index (χ2n) is 6.03. The molecule has 28 heavy (non-hydrogen) atoms. The third kappa shape index (κ3) is 4.38. The lowest BCUT2D eigenvalue weighted by molar-refractivity contribution is -0.137. The van der Waals surface area contributed by atoms with Gasteiger partial charge in [-0.25, -0.2) is 9.78 Å². The number of halogens is 3. The fourth-order valence-corrected chi connectivity index (χ4v) is 2.58. The molecule has 2 amide bonds. The maximum absolute atomic E-state index is 12.5. The van der Waals surface area contributed by atoms with Gasteiger partial charge in [-0.1, -0.05) is 0 Å². The van der Waals surface area contributed by atoms with Gasteiger partial charge < -0.3 is 24.4 Å². The fraction of sp³-hybridized carbons (Fsp3) is 0.333. The SMILES string of the molecule is COc1ccc(NC(=O)N2CC(Oc3ccc(C(F)(F)F)cn3)C2)cc1OC. The Balaban J connectivity index is 1.50. The van der Waals surface area contributed by atoms with E-state index in [0.717, 1.165) is 18.3 Å². The van der Waals surface area contributed by atoms with E-state index >= 15 is 0 Å². The summed E-state index contributed by atoms with van der Waals surface area (Å²) in [5, 5.41) is 2.73. The average Bonchev–Trinajstić information content (AvgIpc) is 2.63. The molecule has 1 N–H and O–H groups in total. The topological polar surface area (TPSA) is 72.9 Å². The minimum Gasteiger partial charge on any atom is -0.493 e. The number of ether oxygens (including phenoxy) is 3. The fourth-order valence-electron chi connectivity index (χ4n) is 2.58. The molecule has 0 saturated carbocycles. The molecule has 1 fully saturated rings. The molecule has 0 radical (unpaired) electrons. The van der Waals surface area contributed by atoms with E-state index in [1.165, 1.54) is 19.1 Å². The number of carbonyl (C=O) groups excluding carboxylic acids is 1. The van der Waals surface area contributed by atoms with E-state index in [9.17, 15) is 18.0 Å². The number of urea groups is 1. The lowest BCUT2D eigenvalue weighted by atomic mass is 10.2. The number of nitrogens with zero attached hydrogens (tertiary/aromatic N) is 2. The van der Waals surface area contributed by atoms with Crippen molar-refractivity contribution in [3.05, 3.63) is 42.1 Å². The van der Waals surface area contributed by atoms with E-state index in [4.69, 9.17) is 14.2 Å². The predicted molar refractivity (Wildman–Crippen MR) is 93.8 cm³/mol. The Morgan fingerprint density at radius 3 is 2.43 bits per heavy atom. The molecular formula is C18H18F3N3O4. The zero-order chi connectivity index (χ0) is 20.3. The number of alkyl halides is 3. The first-order chi connectivity index (χ1) is 13.3. The van der Waals surface area contributed by atoms with Crippen LogP contribution in [-0.2, 0) is 6.18 Å². The Morgan fingerprint density at radius 1 is 1.14 bits per heavy atom. The van der Waals surface area contributed by atoms with Crippen LogP contribution in [0.3, 0.4) is 0 Å². The third-order valence-corrected chi connectivity index (χ3v) is 4.12. The Morgan fingerprint density at radius 2 is 1.86 bits per heavy atom. The van der Waals surface area contributed by atoms with Crippen molar-refractivity contribution in [1.82, 2.24) is 9.88 Å². The highest BCUT2D eigenvalue weighted by Crippen LogP contribution is 2.31. The number of amides is 2. The number of hydrogen-bond donors (Lipinski definition) is 1. The van der Waals surface area contributed by atoms with E-state index in [1.54, 1.807) is 18.2 Å². The first-order valence-corrected chi connectivity index (χ1v) is 8.28.